The maximum Gasteiger partial charge on any atom is 0.338 e. The van der Waals surface area contributed by atoms with Crippen molar-refractivity contribution < 1.29 is 123 Å². The van der Waals surface area contributed by atoms with Gasteiger partial charge in [-0.1, -0.05) is 23.3 Å². The molecule has 5 heterocycles. The lowest BCUT2D eigenvalue weighted by atomic mass is 9.97. The Balaban J connectivity index is 1.04. The van der Waals surface area contributed by atoms with E-state index in [9.17, 15) is 81.1 Å². The molecule has 0 bridgehead atoms. The van der Waals surface area contributed by atoms with Crippen molar-refractivity contribution >= 4 is 16.9 Å². The van der Waals surface area contributed by atoms with Crippen molar-refractivity contribution in [2.75, 3.05) is 13.2 Å². The summed E-state index contributed by atoms with van der Waals surface area (Å²) in [4.78, 5) is 28.3. The number of rotatable bonds is 17. The van der Waals surface area contributed by atoms with Gasteiger partial charge in [-0.15, -0.1) is 0 Å². The van der Waals surface area contributed by atoms with Crippen molar-refractivity contribution in [2.24, 2.45) is 0 Å². The van der Waals surface area contributed by atoms with Crippen molar-refractivity contribution in [3.05, 3.63) is 98.7 Å². The Kier molecular flexibility index (Phi) is 19.7. The minimum atomic E-state index is -2.07. The van der Waals surface area contributed by atoms with Gasteiger partial charge >= 0.3 is 5.97 Å². The first-order valence-electron chi connectivity index (χ1n) is 26.4. The Hall–Kier alpha value is -5.86. The second-order valence-corrected chi connectivity index (χ2v) is 21.2. The number of phenols is 2. The number of allylic oxidation sites excluding steroid dienone is 4. The van der Waals surface area contributed by atoms with Crippen molar-refractivity contribution in [2.45, 2.75) is 177 Å². The molecular weight excluding hydrogens is 1090 g/mol. The maximum atomic E-state index is 14.3. The molecule has 0 aliphatic carbocycles. The van der Waals surface area contributed by atoms with E-state index in [0.717, 1.165) is 23.3 Å². The molecule has 0 spiro atoms. The van der Waals surface area contributed by atoms with Gasteiger partial charge < -0.3 is 119 Å². The molecule has 82 heavy (non-hydrogen) atoms. The Morgan fingerprint density at radius 3 is 1.67 bits per heavy atom. The van der Waals surface area contributed by atoms with Crippen molar-refractivity contribution in [1.82, 2.24) is 0 Å². The average molecular weight is 1160 g/mol. The van der Waals surface area contributed by atoms with Crippen LogP contribution in [0.15, 0.2) is 81.0 Å². The molecule has 3 aromatic carbocycles. The largest absolute Gasteiger partial charge is 0.508 e. The molecule has 450 valence electrons. The van der Waals surface area contributed by atoms with Crippen LogP contribution >= 0.6 is 0 Å². The third-order valence-electron chi connectivity index (χ3n) is 14.5. The Morgan fingerprint density at radius 2 is 1.09 bits per heavy atom. The number of carbonyl (C=O) groups is 1. The van der Waals surface area contributed by atoms with Gasteiger partial charge in [0, 0.05) is 17.7 Å². The molecule has 4 fully saturated rings. The standard InChI is InChI=1S/C56H70O26/c1-21(2)7-9-26-15-28(16-27(10-8-22(3)4)48(26)80-54-46(70)42(66)38(62)33(19-57)78-54)52(72)73-20-34-39(63)43(67)47(71)55(79-34)82-51-44(68)37(61)24(6)75-56(51)76-30-17-31(59)35-32(18-30)77-49(25-11-13-29(58)14-12-25)50(40(35)64)81-53-45(69)41(65)36(60)23(5)74-53/h7-8,11-18,23-24,33-34,36-39,41-47,51,53-63,65-71H,9-10,19-20H2,1-6H3/t23-,24-,33+,34+,36-,37-,38+,39+,41+,42-,43-,44+,45+,46+,47+,51+,53-,54-,55-,56-/m0/s1. The third-order valence-corrected chi connectivity index (χ3v) is 14.5. The molecule has 0 saturated carbocycles. The fraction of sp³-hybridized carbons (Fsp3) is 0.536. The molecule has 26 heteroatoms. The second kappa shape index (κ2) is 26.0. The van der Waals surface area contributed by atoms with Gasteiger partial charge in [-0.25, -0.2) is 4.79 Å². The van der Waals surface area contributed by atoms with Crippen LogP contribution in [0.3, 0.4) is 0 Å². The van der Waals surface area contributed by atoms with Gasteiger partial charge in [-0.2, -0.15) is 0 Å². The van der Waals surface area contributed by atoms with Crippen LogP contribution in [0.5, 0.6) is 28.7 Å². The van der Waals surface area contributed by atoms with Gasteiger partial charge in [0.15, 0.2) is 18.2 Å². The number of hydrogen-bond acceptors (Lipinski definition) is 26. The zero-order valence-corrected chi connectivity index (χ0v) is 45.3. The molecule has 26 nitrogen and oxygen atoms in total. The number of fused-ring (bicyclic) bond motifs is 1. The van der Waals surface area contributed by atoms with Crippen LogP contribution in [0.4, 0.5) is 0 Å². The topological polar surface area (TPSA) is 414 Å². The lowest BCUT2D eigenvalue weighted by Gasteiger charge is -2.45. The molecule has 14 N–H and O–H groups in total. The number of aromatic hydroxyl groups is 2. The number of carbonyl (C=O) groups excluding carboxylic acids is 1. The summed E-state index contributed by atoms with van der Waals surface area (Å²) in [5.74, 6) is -2.99. The van der Waals surface area contributed by atoms with Gasteiger partial charge in [0.25, 0.3) is 0 Å². The number of aliphatic hydroxyl groups is 12. The predicted molar refractivity (Wildman–Crippen MR) is 280 cm³/mol. The molecular formula is C56H70O26. The Morgan fingerprint density at radius 1 is 0.573 bits per heavy atom. The molecule has 0 radical (unpaired) electrons. The van der Waals surface area contributed by atoms with Crippen molar-refractivity contribution in [3.8, 4) is 40.1 Å². The second-order valence-electron chi connectivity index (χ2n) is 21.2. The van der Waals surface area contributed by atoms with E-state index >= 15 is 0 Å². The molecule has 4 saturated heterocycles. The molecule has 8 rings (SSSR count). The summed E-state index contributed by atoms with van der Waals surface area (Å²) in [6.07, 6.45) is -29.9. The lowest BCUT2D eigenvalue weighted by molar-refractivity contribution is -0.355. The van der Waals surface area contributed by atoms with Gasteiger partial charge in [-0.05, 0) is 102 Å². The molecule has 20 atom stereocenters. The summed E-state index contributed by atoms with van der Waals surface area (Å²) >= 11 is 0. The number of benzene rings is 3. The fourth-order valence-corrected chi connectivity index (χ4v) is 9.64. The summed E-state index contributed by atoms with van der Waals surface area (Å²) in [5, 5.41) is 150. The molecule has 0 unspecified atom stereocenters. The van der Waals surface area contributed by atoms with E-state index in [1.807, 2.05) is 39.8 Å². The highest BCUT2D eigenvalue weighted by molar-refractivity contribution is 5.90. The van der Waals surface area contributed by atoms with E-state index in [-0.39, 0.29) is 52.6 Å². The van der Waals surface area contributed by atoms with E-state index in [4.69, 9.17) is 47.0 Å². The first kappa shape index (κ1) is 62.2. The number of ether oxygens (including phenoxy) is 9. The Labute approximate surface area is 468 Å². The number of aliphatic hydroxyl groups excluding tert-OH is 12. The van der Waals surface area contributed by atoms with Crippen molar-refractivity contribution in [1.29, 1.82) is 0 Å². The Bertz CT molecular complexity index is 2950. The maximum absolute atomic E-state index is 14.3. The normalized spacial score (nSPS) is 34.0. The number of esters is 1. The average Bonchev–Trinajstić information content (AvgIpc) is 3.51. The van der Waals surface area contributed by atoms with Crippen LogP contribution < -0.4 is 19.6 Å². The molecule has 1 aromatic heterocycles. The van der Waals surface area contributed by atoms with Crippen LogP contribution in [-0.4, -0.2) is 213 Å². The van der Waals surface area contributed by atoms with Crippen LogP contribution in [0.2, 0.25) is 0 Å². The summed E-state index contributed by atoms with van der Waals surface area (Å²) in [7, 11) is 0. The highest BCUT2D eigenvalue weighted by atomic mass is 16.8. The monoisotopic (exact) mass is 1160 g/mol. The van der Waals surface area contributed by atoms with Crippen LogP contribution in [0, 0.1) is 0 Å². The van der Waals surface area contributed by atoms with Crippen LogP contribution in [0.1, 0.15) is 63.0 Å². The van der Waals surface area contributed by atoms with E-state index in [0.29, 0.717) is 11.1 Å². The summed E-state index contributed by atoms with van der Waals surface area (Å²) in [5.41, 5.74) is 1.27. The quantitative estimate of drug-likeness (QED) is 0.0453. The van der Waals surface area contributed by atoms with Crippen molar-refractivity contribution in [3.63, 3.8) is 0 Å². The van der Waals surface area contributed by atoms with Gasteiger partial charge in [0.2, 0.25) is 30.0 Å². The third kappa shape index (κ3) is 13.2. The first-order chi connectivity index (χ1) is 38.8. The van der Waals surface area contributed by atoms with E-state index in [1.165, 1.54) is 50.2 Å². The molecule has 4 aliphatic heterocycles. The predicted octanol–water partition coefficient (Wildman–Crippen LogP) is -0.831. The first-order valence-corrected chi connectivity index (χ1v) is 26.4. The summed E-state index contributed by atoms with van der Waals surface area (Å²) in [6.45, 7) is 8.63. The zero-order valence-electron chi connectivity index (χ0n) is 45.3. The summed E-state index contributed by atoms with van der Waals surface area (Å²) < 4.78 is 58.9. The van der Waals surface area contributed by atoms with Gasteiger partial charge in [0.1, 0.15) is 120 Å². The highest BCUT2D eigenvalue weighted by Gasteiger charge is 2.52. The molecule has 4 aromatic rings. The molecule has 0 amide bonds. The smallest absolute Gasteiger partial charge is 0.338 e. The highest BCUT2D eigenvalue weighted by Crippen LogP contribution is 2.40. The lowest BCUT2D eigenvalue weighted by Crippen LogP contribution is -2.64. The van der Waals surface area contributed by atoms with Gasteiger partial charge in [0.05, 0.1) is 24.4 Å². The van der Waals surface area contributed by atoms with Gasteiger partial charge in [-0.3, -0.25) is 4.79 Å². The van der Waals surface area contributed by atoms with E-state index in [1.54, 1.807) is 0 Å². The summed E-state index contributed by atoms with van der Waals surface area (Å²) in [6, 6.07) is 10.2. The van der Waals surface area contributed by atoms with E-state index in [2.05, 4.69) is 0 Å². The number of phenolic OH excluding ortho intramolecular Hbond substituents is 2. The molecule has 4 aliphatic rings. The zero-order chi connectivity index (χ0) is 59.8. The fourth-order valence-electron chi connectivity index (χ4n) is 9.64. The van der Waals surface area contributed by atoms with Crippen LogP contribution in [-0.2, 0) is 41.3 Å². The number of hydrogen-bond donors (Lipinski definition) is 14. The van der Waals surface area contributed by atoms with Crippen LogP contribution in [0.25, 0.3) is 22.3 Å². The SMILES string of the molecule is CC(C)=CCc1cc(C(=O)OC[C@H]2O[C@@H](O[C@H]3[C@H](Oc4cc(O)c5c(=O)c(O[C@@H]6O[C@@H](C)[C@H](O)[C@@H](O)[C@H]6O)c(-c6ccc(O)cc6)oc5c4)O[C@@H](C)[C@H](O)[C@H]3O)[C@H](O)[C@@H](O)[C@@H]2O)cc(CC=C(C)C)c1O[C@@H]1O[C@H](CO)[C@@H](O)[C@H](O)[C@H]1O. The minimum Gasteiger partial charge on any atom is -0.508 e. The minimum absolute atomic E-state index is 0.0325. The van der Waals surface area contributed by atoms with E-state index < -0.39 is 164 Å².